The molecule has 0 saturated carbocycles. The summed E-state index contributed by atoms with van der Waals surface area (Å²) < 4.78 is 34.2. The fraction of sp³-hybridized carbons (Fsp3) is 0.417. The number of benzene rings is 2. The summed E-state index contributed by atoms with van der Waals surface area (Å²) in [6.45, 7) is 4.91. The Labute approximate surface area is 200 Å². The standard InChI is InChI=1S/C24H32N2O7S/c1-18(29)13-25(14-19-5-9-21(16-27)10-6-19)34(31,32)26(23(30)33-24(2,3)4)15-20-7-11-22(17-28)12-8-20/h5-12,27-28H,13-17H2,1-4H3. The second-order valence-corrected chi connectivity index (χ2v) is 10.8. The highest BCUT2D eigenvalue weighted by Crippen LogP contribution is 2.21. The highest BCUT2D eigenvalue weighted by atomic mass is 32.2. The van der Waals surface area contributed by atoms with Gasteiger partial charge in [-0.15, -0.1) is 0 Å². The summed E-state index contributed by atoms with van der Waals surface area (Å²) in [7, 11) is -4.49. The van der Waals surface area contributed by atoms with E-state index in [1.54, 1.807) is 69.3 Å². The maximum Gasteiger partial charge on any atom is 0.425 e. The smallest absolute Gasteiger partial charge is 0.425 e. The number of aliphatic hydroxyl groups excluding tert-OH is 2. The number of ketones is 1. The third kappa shape index (κ3) is 7.91. The largest absolute Gasteiger partial charge is 0.443 e. The molecule has 0 spiro atoms. The molecule has 0 aliphatic carbocycles. The van der Waals surface area contributed by atoms with Crippen molar-refractivity contribution in [3.8, 4) is 0 Å². The van der Waals surface area contributed by atoms with E-state index in [1.165, 1.54) is 6.92 Å². The van der Waals surface area contributed by atoms with E-state index in [2.05, 4.69) is 0 Å². The summed E-state index contributed by atoms with van der Waals surface area (Å²) >= 11 is 0. The molecule has 0 aliphatic heterocycles. The Morgan fingerprint density at radius 3 is 1.62 bits per heavy atom. The number of hydrogen-bond acceptors (Lipinski definition) is 7. The zero-order valence-electron chi connectivity index (χ0n) is 19.9. The van der Waals surface area contributed by atoms with E-state index in [9.17, 15) is 28.2 Å². The summed E-state index contributed by atoms with van der Waals surface area (Å²) in [5.41, 5.74) is 1.43. The van der Waals surface area contributed by atoms with Crippen LogP contribution in [-0.2, 0) is 46.0 Å². The minimum atomic E-state index is -4.49. The Balaban J connectivity index is 2.45. The SMILES string of the molecule is CC(=O)CN(Cc1ccc(CO)cc1)S(=O)(=O)N(Cc1ccc(CO)cc1)C(=O)OC(C)(C)C. The molecule has 34 heavy (non-hydrogen) atoms. The van der Waals surface area contributed by atoms with Crippen LogP contribution in [0, 0.1) is 0 Å². The average molecular weight is 493 g/mol. The lowest BCUT2D eigenvalue weighted by Crippen LogP contribution is -2.49. The van der Waals surface area contributed by atoms with Crippen molar-refractivity contribution in [3.05, 3.63) is 70.8 Å². The third-order valence-corrected chi connectivity index (χ3v) is 6.44. The molecule has 0 radical (unpaired) electrons. The zero-order chi connectivity index (χ0) is 25.5. The van der Waals surface area contributed by atoms with Crippen molar-refractivity contribution in [3.63, 3.8) is 0 Å². The fourth-order valence-corrected chi connectivity index (χ4v) is 4.50. The molecule has 0 unspecified atom stereocenters. The number of nitrogens with zero attached hydrogens (tertiary/aromatic N) is 2. The van der Waals surface area contributed by atoms with Gasteiger partial charge in [-0.25, -0.2) is 4.79 Å². The van der Waals surface area contributed by atoms with Crippen molar-refractivity contribution in [2.45, 2.75) is 59.6 Å². The van der Waals surface area contributed by atoms with Crippen LogP contribution in [0.25, 0.3) is 0 Å². The summed E-state index contributed by atoms with van der Waals surface area (Å²) in [5, 5.41) is 18.5. The second-order valence-electron chi connectivity index (χ2n) is 8.91. The minimum Gasteiger partial charge on any atom is -0.443 e. The molecule has 0 fully saturated rings. The number of Topliss-reactive ketones (excluding diaryl/α,β-unsaturated/α-hetero) is 1. The van der Waals surface area contributed by atoms with Crippen LogP contribution in [0.15, 0.2) is 48.5 Å². The summed E-state index contributed by atoms with van der Waals surface area (Å²) in [5.74, 6) is -0.396. The molecule has 0 bridgehead atoms. The Morgan fingerprint density at radius 2 is 1.24 bits per heavy atom. The molecule has 2 aromatic rings. The van der Waals surface area contributed by atoms with Gasteiger partial charge in [0.05, 0.1) is 26.3 Å². The van der Waals surface area contributed by atoms with E-state index in [-0.39, 0.29) is 26.3 Å². The van der Waals surface area contributed by atoms with Gasteiger partial charge in [-0.2, -0.15) is 17.0 Å². The molecule has 186 valence electrons. The molecule has 2 rings (SSSR count). The highest BCUT2D eigenvalue weighted by Gasteiger charge is 2.37. The van der Waals surface area contributed by atoms with Gasteiger partial charge in [-0.3, -0.25) is 4.79 Å². The van der Waals surface area contributed by atoms with E-state index >= 15 is 0 Å². The molecule has 0 aliphatic rings. The Kier molecular flexibility index (Phi) is 9.34. The van der Waals surface area contributed by atoms with Crippen LogP contribution in [0.1, 0.15) is 49.9 Å². The van der Waals surface area contributed by atoms with E-state index in [0.717, 1.165) is 4.31 Å². The fourth-order valence-electron chi connectivity index (χ4n) is 3.03. The molecule has 0 saturated heterocycles. The molecule has 10 heteroatoms. The van der Waals surface area contributed by atoms with Crippen molar-refractivity contribution in [1.82, 2.24) is 8.61 Å². The lowest BCUT2D eigenvalue weighted by atomic mass is 10.1. The molecule has 9 nitrogen and oxygen atoms in total. The summed E-state index contributed by atoms with van der Waals surface area (Å²) in [6.07, 6.45) is -1.07. The van der Waals surface area contributed by atoms with E-state index < -0.39 is 34.2 Å². The second kappa shape index (κ2) is 11.6. The topological polar surface area (TPSA) is 124 Å². The average Bonchev–Trinajstić information content (AvgIpc) is 2.76. The molecular formula is C24H32N2O7S. The molecule has 0 aromatic heterocycles. The van der Waals surface area contributed by atoms with Crippen LogP contribution >= 0.6 is 0 Å². The van der Waals surface area contributed by atoms with Crippen LogP contribution in [0.2, 0.25) is 0 Å². The first-order valence-electron chi connectivity index (χ1n) is 10.7. The van der Waals surface area contributed by atoms with Gasteiger partial charge in [0.2, 0.25) is 0 Å². The predicted octanol–water partition coefficient (Wildman–Crippen LogP) is 2.74. The molecule has 1 amide bonds. The van der Waals surface area contributed by atoms with Crippen molar-refractivity contribution in [2.24, 2.45) is 0 Å². The van der Waals surface area contributed by atoms with E-state index in [4.69, 9.17) is 4.74 Å². The normalized spacial score (nSPS) is 12.0. The van der Waals surface area contributed by atoms with Crippen LogP contribution in [0.5, 0.6) is 0 Å². The van der Waals surface area contributed by atoms with Gasteiger partial charge in [-0.05, 0) is 49.9 Å². The van der Waals surface area contributed by atoms with Gasteiger partial charge in [-0.1, -0.05) is 48.5 Å². The summed E-state index contributed by atoms with van der Waals surface area (Å²) in [6, 6.07) is 13.1. The summed E-state index contributed by atoms with van der Waals surface area (Å²) in [4.78, 5) is 24.9. The van der Waals surface area contributed by atoms with E-state index in [0.29, 0.717) is 26.6 Å². The Morgan fingerprint density at radius 1 is 0.824 bits per heavy atom. The van der Waals surface area contributed by atoms with Crippen molar-refractivity contribution < 1.29 is 33.0 Å². The number of carbonyl (C=O) groups is 2. The number of amides is 1. The molecule has 0 heterocycles. The van der Waals surface area contributed by atoms with Crippen LogP contribution < -0.4 is 0 Å². The number of carbonyl (C=O) groups excluding carboxylic acids is 2. The predicted molar refractivity (Wildman–Crippen MR) is 127 cm³/mol. The quantitative estimate of drug-likeness (QED) is 0.522. The van der Waals surface area contributed by atoms with Crippen molar-refractivity contribution >= 4 is 22.1 Å². The lowest BCUT2D eigenvalue weighted by molar-refractivity contribution is -0.117. The van der Waals surface area contributed by atoms with Crippen LogP contribution in [0.3, 0.4) is 0 Å². The van der Waals surface area contributed by atoms with Gasteiger partial charge in [0.15, 0.2) is 0 Å². The van der Waals surface area contributed by atoms with Gasteiger partial charge >= 0.3 is 16.3 Å². The third-order valence-electron chi connectivity index (χ3n) is 4.70. The molecule has 0 atom stereocenters. The van der Waals surface area contributed by atoms with E-state index in [1.807, 2.05) is 0 Å². The van der Waals surface area contributed by atoms with Gasteiger partial charge in [0.25, 0.3) is 0 Å². The zero-order valence-corrected chi connectivity index (χ0v) is 20.7. The Hall–Kier alpha value is -2.79. The highest BCUT2D eigenvalue weighted by molar-refractivity contribution is 7.87. The maximum absolute atomic E-state index is 13.7. The first kappa shape index (κ1) is 27.5. The molecular weight excluding hydrogens is 460 g/mol. The first-order chi connectivity index (χ1) is 15.9. The minimum absolute atomic E-state index is 0.156. The molecule has 2 aromatic carbocycles. The number of hydrogen-bond donors (Lipinski definition) is 2. The van der Waals surface area contributed by atoms with Crippen molar-refractivity contribution in [1.29, 1.82) is 0 Å². The number of ether oxygens (including phenoxy) is 1. The van der Waals surface area contributed by atoms with Gasteiger partial charge in [0, 0.05) is 6.54 Å². The monoisotopic (exact) mass is 492 g/mol. The van der Waals surface area contributed by atoms with Crippen molar-refractivity contribution in [2.75, 3.05) is 6.54 Å². The molecule has 2 N–H and O–H groups in total. The Bertz CT molecular complexity index is 1080. The van der Waals surface area contributed by atoms with Crippen LogP contribution in [-0.4, -0.2) is 51.3 Å². The van der Waals surface area contributed by atoms with Crippen LogP contribution in [0.4, 0.5) is 4.79 Å². The lowest BCUT2D eigenvalue weighted by Gasteiger charge is -2.31. The number of aliphatic hydroxyl groups is 2. The van der Waals surface area contributed by atoms with Gasteiger partial charge in [0.1, 0.15) is 11.4 Å². The van der Waals surface area contributed by atoms with Gasteiger partial charge < -0.3 is 14.9 Å². The number of rotatable bonds is 10. The maximum atomic E-state index is 13.7. The first-order valence-corrected chi connectivity index (χ1v) is 12.1.